The minimum absolute atomic E-state index is 0.325. The van der Waals surface area contributed by atoms with Gasteiger partial charge in [-0.15, -0.1) is 0 Å². The van der Waals surface area contributed by atoms with E-state index in [0.29, 0.717) is 31.7 Å². The Balaban J connectivity index is 1.84. The molecule has 1 aromatic rings. The van der Waals surface area contributed by atoms with Crippen LogP contribution in [0.1, 0.15) is 12.0 Å². The first kappa shape index (κ1) is 10.4. The van der Waals surface area contributed by atoms with Crippen molar-refractivity contribution in [3.8, 4) is 5.75 Å². The minimum atomic E-state index is -0.924. The van der Waals surface area contributed by atoms with Crippen LogP contribution in [0.15, 0.2) is 18.2 Å². The summed E-state index contributed by atoms with van der Waals surface area (Å²) in [6, 6.07) is 4.49. The van der Waals surface area contributed by atoms with E-state index in [2.05, 4.69) is 0 Å². The number of rotatable bonds is 0. The van der Waals surface area contributed by atoms with Crippen LogP contribution in [0.4, 0.5) is 9.18 Å². The second kappa shape index (κ2) is 3.35. The Hall–Kier alpha value is -1.78. The van der Waals surface area contributed by atoms with Crippen LogP contribution in [0.25, 0.3) is 0 Å². The SMILES string of the molecule is O=C(O)N1CCC2(Cc3ccc(F)cc3O2)C1. The van der Waals surface area contributed by atoms with Crippen molar-refractivity contribution in [3.05, 3.63) is 29.6 Å². The van der Waals surface area contributed by atoms with Gasteiger partial charge in [0.15, 0.2) is 0 Å². The highest BCUT2D eigenvalue weighted by molar-refractivity contribution is 5.65. The first-order chi connectivity index (χ1) is 8.08. The molecule has 3 rings (SSSR count). The molecule has 0 saturated carbocycles. The molecule has 1 amide bonds. The molecule has 1 unspecified atom stereocenters. The van der Waals surface area contributed by atoms with E-state index in [1.54, 1.807) is 6.07 Å². The molecule has 2 aliphatic heterocycles. The molecule has 2 heterocycles. The highest BCUT2D eigenvalue weighted by Crippen LogP contribution is 2.40. The normalized spacial score (nSPS) is 26.1. The van der Waals surface area contributed by atoms with E-state index in [-0.39, 0.29) is 5.82 Å². The Morgan fingerprint density at radius 3 is 3.06 bits per heavy atom. The Morgan fingerprint density at radius 2 is 2.35 bits per heavy atom. The second-order valence-electron chi connectivity index (χ2n) is 4.67. The van der Waals surface area contributed by atoms with Gasteiger partial charge in [0.25, 0.3) is 0 Å². The Labute approximate surface area is 97.6 Å². The number of fused-ring (bicyclic) bond motifs is 1. The third-order valence-electron chi connectivity index (χ3n) is 3.46. The highest BCUT2D eigenvalue weighted by Gasteiger charge is 2.46. The Bertz CT molecular complexity index is 491. The van der Waals surface area contributed by atoms with E-state index in [9.17, 15) is 9.18 Å². The number of ether oxygens (including phenoxy) is 1. The van der Waals surface area contributed by atoms with Gasteiger partial charge in [-0.1, -0.05) is 6.07 Å². The van der Waals surface area contributed by atoms with Crippen molar-refractivity contribution in [2.45, 2.75) is 18.4 Å². The summed E-state index contributed by atoms with van der Waals surface area (Å²) in [5.41, 5.74) is 0.479. The molecule has 2 aliphatic rings. The maximum Gasteiger partial charge on any atom is 0.407 e. The zero-order valence-corrected chi connectivity index (χ0v) is 9.15. The third-order valence-corrected chi connectivity index (χ3v) is 3.46. The van der Waals surface area contributed by atoms with Crippen molar-refractivity contribution >= 4 is 6.09 Å². The summed E-state index contributed by atoms with van der Waals surface area (Å²) in [4.78, 5) is 12.2. The highest BCUT2D eigenvalue weighted by atomic mass is 19.1. The van der Waals surface area contributed by atoms with Crippen LogP contribution in [0, 0.1) is 5.82 Å². The zero-order chi connectivity index (χ0) is 12.0. The van der Waals surface area contributed by atoms with Gasteiger partial charge < -0.3 is 14.7 Å². The number of nitrogens with zero attached hydrogens (tertiary/aromatic N) is 1. The molecule has 90 valence electrons. The molecule has 1 aromatic carbocycles. The summed E-state index contributed by atoms with van der Waals surface area (Å²) < 4.78 is 18.8. The summed E-state index contributed by atoms with van der Waals surface area (Å²) >= 11 is 0. The zero-order valence-electron chi connectivity index (χ0n) is 9.15. The number of benzene rings is 1. The number of amides is 1. The van der Waals surface area contributed by atoms with Crippen molar-refractivity contribution in [2.75, 3.05) is 13.1 Å². The van der Waals surface area contributed by atoms with E-state index in [1.807, 2.05) is 0 Å². The van der Waals surface area contributed by atoms with Gasteiger partial charge in [0.05, 0.1) is 6.54 Å². The fraction of sp³-hybridized carbons (Fsp3) is 0.417. The number of hydrogen-bond donors (Lipinski definition) is 1. The molecule has 0 bridgehead atoms. The summed E-state index contributed by atoms with van der Waals surface area (Å²) in [7, 11) is 0. The maximum atomic E-state index is 13.1. The lowest BCUT2D eigenvalue weighted by Gasteiger charge is -2.22. The van der Waals surface area contributed by atoms with E-state index in [4.69, 9.17) is 9.84 Å². The number of carboxylic acid groups (broad SMARTS) is 1. The predicted octanol–water partition coefficient (Wildman–Crippen LogP) is 1.88. The van der Waals surface area contributed by atoms with Gasteiger partial charge >= 0.3 is 6.09 Å². The van der Waals surface area contributed by atoms with E-state index in [1.165, 1.54) is 17.0 Å². The molecule has 1 atom stereocenters. The summed E-state index contributed by atoms with van der Waals surface area (Å²) in [6.07, 6.45) is 0.398. The van der Waals surface area contributed by atoms with Crippen LogP contribution >= 0.6 is 0 Å². The van der Waals surface area contributed by atoms with Gasteiger partial charge in [-0.05, 0) is 11.6 Å². The largest absolute Gasteiger partial charge is 0.485 e. The smallest absolute Gasteiger partial charge is 0.407 e. The quantitative estimate of drug-likeness (QED) is 0.749. The molecule has 0 aliphatic carbocycles. The summed E-state index contributed by atoms with van der Waals surface area (Å²) in [5.74, 6) is 0.228. The molecular formula is C12H12FNO3. The lowest BCUT2D eigenvalue weighted by molar-refractivity contribution is 0.0964. The molecule has 1 fully saturated rings. The second-order valence-corrected chi connectivity index (χ2v) is 4.67. The number of halogens is 1. The summed E-state index contributed by atoms with van der Waals surface area (Å²) in [5, 5.41) is 8.93. The van der Waals surface area contributed by atoms with Crippen molar-refractivity contribution in [3.63, 3.8) is 0 Å². The number of hydrogen-bond acceptors (Lipinski definition) is 2. The van der Waals surface area contributed by atoms with Crippen molar-refractivity contribution in [2.24, 2.45) is 0 Å². The van der Waals surface area contributed by atoms with Crippen molar-refractivity contribution in [1.29, 1.82) is 0 Å². The van der Waals surface area contributed by atoms with Crippen LogP contribution < -0.4 is 4.74 Å². The first-order valence-corrected chi connectivity index (χ1v) is 5.53. The average Bonchev–Trinajstić information content (AvgIpc) is 2.82. The van der Waals surface area contributed by atoms with Crippen LogP contribution in [0.3, 0.4) is 0 Å². The van der Waals surface area contributed by atoms with Crippen LogP contribution in [-0.2, 0) is 6.42 Å². The molecule has 5 heteroatoms. The average molecular weight is 237 g/mol. The van der Waals surface area contributed by atoms with Crippen LogP contribution in [0.5, 0.6) is 5.75 Å². The minimum Gasteiger partial charge on any atom is -0.485 e. The van der Waals surface area contributed by atoms with Crippen LogP contribution in [0.2, 0.25) is 0 Å². The molecule has 0 radical (unpaired) electrons. The molecular weight excluding hydrogens is 225 g/mol. The van der Waals surface area contributed by atoms with Crippen molar-refractivity contribution < 1.29 is 19.0 Å². The van der Waals surface area contributed by atoms with Gasteiger partial charge in [-0.3, -0.25) is 0 Å². The van der Waals surface area contributed by atoms with E-state index >= 15 is 0 Å². The molecule has 1 spiro atoms. The Morgan fingerprint density at radius 1 is 1.53 bits per heavy atom. The maximum absolute atomic E-state index is 13.1. The third kappa shape index (κ3) is 1.62. The van der Waals surface area contributed by atoms with E-state index < -0.39 is 11.7 Å². The Kier molecular flexibility index (Phi) is 2.05. The topological polar surface area (TPSA) is 49.8 Å². The van der Waals surface area contributed by atoms with Gasteiger partial charge in [0, 0.05) is 25.5 Å². The fourth-order valence-electron chi connectivity index (χ4n) is 2.62. The van der Waals surface area contributed by atoms with Gasteiger partial charge in [-0.25, -0.2) is 9.18 Å². The first-order valence-electron chi connectivity index (χ1n) is 5.53. The van der Waals surface area contributed by atoms with Gasteiger partial charge in [0.2, 0.25) is 0 Å². The molecule has 1 saturated heterocycles. The lowest BCUT2D eigenvalue weighted by Crippen LogP contribution is -2.39. The molecule has 1 N–H and O–H groups in total. The van der Waals surface area contributed by atoms with Gasteiger partial charge in [-0.2, -0.15) is 0 Å². The fourth-order valence-corrected chi connectivity index (χ4v) is 2.62. The molecule has 17 heavy (non-hydrogen) atoms. The monoisotopic (exact) mass is 237 g/mol. The van der Waals surface area contributed by atoms with Crippen molar-refractivity contribution in [1.82, 2.24) is 4.90 Å². The standard InChI is InChI=1S/C12H12FNO3/c13-9-2-1-8-6-12(17-10(8)5-9)3-4-14(7-12)11(15)16/h1-2,5H,3-4,6-7H2,(H,15,16). The van der Waals surface area contributed by atoms with Gasteiger partial charge in [0.1, 0.15) is 17.2 Å². The summed E-state index contributed by atoms with van der Waals surface area (Å²) in [6.45, 7) is 0.838. The van der Waals surface area contributed by atoms with Crippen LogP contribution in [-0.4, -0.2) is 34.8 Å². The predicted molar refractivity (Wildman–Crippen MR) is 57.7 cm³/mol. The lowest BCUT2D eigenvalue weighted by atomic mass is 9.96. The molecule has 4 nitrogen and oxygen atoms in total. The number of carbonyl (C=O) groups is 1. The molecule has 0 aromatic heterocycles. The number of likely N-dealkylation sites (tertiary alicyclic amines) is 1. The van der Waals surface area contributed by atoms with E-state index in [0.717, 1.165) is 5.56 Å².